The number of methoxy groups -OCH3 is 1. The third-order valence-corrected chi connectivity index (χ3v) is 6.28. The van der Waals surface area contributed by atoms with Gasteiger partial charge in [0.15, 0.2) is 5.13 Å². The van der Waals surface area contributed by atoms with Gasteiger partial charge in [-0.15, -0.1) is 0 Å². The fourth-order valence-corrected chi connectivity index (χ4v) is 4.70. The summed E-state index contributed by atoms with van der Waals surface area (Å²) in [5, 5.41) is 4.00. The number of hydrogen-bond acceptors (Lipinski definition) is 5. The number of rotatable bonds is 3. The molecule has 144 valence electrons. The second kappa shape index (κ2) is 7.06. The van der Waals surface area contributed by atoms with Gasteiger partial charge >= 0.3 is 0 Å². The van der Waals surface area contributed by atoms with Crippen LogP contribution in [0.3, 0.4) is 0 Å². The van der Waals surface area contributed by atoms with Gasteiger partial charge in [0.25, 0.3) is 0 Å². The quantitative estimate of drug-likeness (QED) is 0.451. The molecule has 0 atom stereocenters. The van der Waals surface area contributed by atoms with E-state index >= 15 is 0 Å². The summed E-state index contributed by atoms with van der Waals surface area (Å²) in [5.74, 6) is 1.30. The molecule has 0 fully saturated rings. The molecule has 5 rings (SSSR count). The Morgan fingerprint density at radius 2 is 1.72 bits per heavy atom. The van der Waals surface area contributed by atoms with Crippen LogP contribution in [0.1, 0.15) is 17.0 Å². The molecule has 1 N–H and O–H groups in total. The summed E-state index contributed by atoms with van der Waals surface area (Å²) in [4.78, 5) is 17.9. The summed E-state index contributed by atoms with van der Waals surface area (Å²) in [6.07, 6.45) is 0. The molecule has 3 aromatic carbocycles. The van der Waals surface area contributed by atoms with Gasteiger partial charge in [0.1, 0.15) is 22.8 Å². The van der Waals surface area contributed by atoms with E-state index in [4.69, 9.17) is 21.1 Å². The highest BCUT2D eigenvalue weighted by Crippen LogP contribution is 2.45. The Morgan fingerprint density at radius 3 is 2.38 bits per heavy atom. The molecule has 1 aromatic heterocycles. The van der Waals surface area contributed by atoms with Gasteiger partial charge in [-0.3, -0.25) is 4.79 Å². The maximum Gasteiger partial charge on any atom is 0.238 e. The second-order valence-corrected chi connectivity index (χ2v) is 7.95. The minimum Gasteiger partial charge on any atom is -0.494 e. The Kier molecular flexibility index (Phi) is 4.38. The molecule has 0 spiro atoms. The van der Waals surface area contributed by atoms with Crippen molar-refractivity contribution in [2.75, 3.05) is 12.4 Å². The normalized spacial score (nSPS) is 12.8. The van der Waals surface area contributed by atoms with Crippen LogP contribution in [0.15, 0.2) is 60.7 Å². The summed E-state index contributed by atoms with van der Waals surface area (Å²) in [7, 11) is 1.58. The number of nitrogens with one attached hydrogen (secondary N) is 1. The highest BCUT2D eigenvalue weighted by molar-refractivity contribution is 7.23. The number of nitrogens with zero attached hydrogens (tertiary/aromatic N) is 1. The second-order valence-electron chi connectivity index (χ2n) is 6.55. The molecule has 0 saturated heterocycles. The van der Waals surface area contributed by atoms with E-state index in [1.165, 1.54) is 11.3 Å². The van der Waals surface area contributed by atoms with Crippen LogP contribution >= 0.6 is 22.9 Å². The molecule has 0 aliphatic carbocycles. The Bertz CT molecular complexity index is 1210. The Balaban J connectivity index is 1.55. The van der Waals surface area contributed by atoms with Gasteiger partial charge in [0, 0.05) is 11.1 Å². The number of para-hydroxylation sites is 2. The number of fused-ring (bicyclic) bond motifs is 3. The third kappa shape index (κ3) is 3.01. The summed E-state index contributed by atoms with van der Waals surface area (Å²) in [6.45, 7) is 0. The van der Waals surface area contributed by atoms with Crippen molar-refractivity contribution < 1.29 is 14.3 Å². The number of amides is 1. The van der Waals surface area contributed by atoms with Gasteiger partial charge in [-0.2, -0.15) is 0 Å². The number of benzene rings is 3. The first-order valence-electron chi connectivity index (χ1n) is 8.95. The van der Waals surface area contributed by atoms with Gasteiger partial charge in [-0.25, -0.2) is 4.98 Å². The van der Waals surface area contributed by atoms with Crippen molar-refractivity contribution in [3.8, 4) is 17.2 Å². The lowest BCUT2D eigenvalue weighted by atomic mass is 9.87. The first-order valence-corrected chi connectivity index (χ1v) is 10.1. The molecule has 5 nitrogen and oxygen atoms in total. The SMILES string of the molecule is COc1ccc(Cl)c2sc(NC(=O)C3c4ccccc4Oc4ccccc43)nc12. The molecular weight excluding hydrogens is 408 g/mol. The zero-order chi connectivity index (χ0) is 20.0. The van der Waals surface area contributed by atoms with Crippen LogP contribution < -0.4 is 14.8 Å². The largest absolute Gasteiger partial charge is 0.494 e. The average Bonchev–Trinajstić information content (AvgIpc) is 3.16. The summed E-state index contributed by atoms with van der Waals surface area (Å²) < 4.78 is 12.1. The van der Waals surface area contributed by atoms with Gasteiger partial charge < -0.3 is 14.8 Å². The van der Waals surface area contributed by atoms with E-state index in [9.17, 15) is 4.79 Å². The van der Waals surface area contributed by atoms with Crippen LogP contribution in [-0.2, 0) is 4.79 Å². The number of hydrogen-bond donors (Lipinski definition) is 1. The summed E-state index contributed by atoms with van der Waals surface area (Å²) >= 11 is 7.63. The predicted octanol–water partition coefficient (Wildman–Crippen LogP) is 5.83. The molecule has 0 saturated carbocycles. The monoisotopic (exact) mass is 422 g/mol. The van der Waals surface area contributed by atoms with Crippen LogP contribution in [-0.4, -0.2) is 18.0 Å². The lowest BCUT2D eigenvalue weighted by molar-refractivity contribution is -0.116. The molecule has 1 amide bonds. The molecule has 1 aliphatic heterocycles. The maximum atomic E-state index is 13.3. The van der Waals surface area contributed by atoms with E-state index in [1.54, 1.807) is 19.2 Å². The number of aromatic nitrogens is 1. The van der Waals surface area contributed by atoms with Crippen molar-refractivity contribution >= 4 is 44.2 Å². The van der Waals surface area contributed by atoms with Crippen LogP contribution in [0.25, 0.3) is 10.2 Å². The van der Waals surface area contributed by atoms with Crippen molar-refractivity contribution in [1.82, 2.24) is 4.98 Å². The highest BCUT2D eigenvalue weighted by Gasteiger charge is 2.33. The number of thiazole rings is 1. The van der Waals surface area contributed by atoms with Crippen molar-refractivity contribution in [2.45, 2.75) is 5.92 Å². The fourth-order valence-electron chi connectivity index (χ4n) is 3.54. The number of ether oxygens (including phenoxy) is 2. The van der Waals surface area contributed by atoms with Crippen molar-refractivity contribution in [2.24, 2.45) is 0 Å². The molecular formula is C22H15ClN2O3S. The van der Waals surface area contributed by atoms with Gasteiger partial charge in [-0.05, 0) is 24.3 Å². The van der Waals surface area contributed by atoms with E-state index in [0.717, 1.165) is 15.8 Å². The van der Waals surface area contributed by atoms with Crippen LogP contribution in [0, 0.1) is 0 Å². The molecule has 0 unspecified atom stereocenters. The maximum absolute atomic E-state index is 13.3. The third-order valence-electron chi connectivity index (χ3n) is 4.85. The Hall–Kier alpha value is -3.09. The van der Waals surface area contributed by atoms with Crippen LogP contribution in [0.4, 0.5) is 5.13 Å². The molecule has 29 heavy (non-hydrogen) atoms. The summed E-state index contributed by atoms with van der Waals surface area (Å²) in [6, 6.07) is 18.7. The van der Waals surface area contributed by atoms with Crippen molar-refractivity contribution in [1.29, 1.82) is 0 Å². The first kappa shape index (κ1) is 18.0. The molecule has 0 radical (unpaired) electrons. The predicted molar refractivity (Wildman–Crippen MR) is 115 cm³/mol. The van der Waals surface area contributed by atoms with E-state index in [0.29, 0.717) is 32.9 Å². The van der Waals surface area contributed by atoms with Gasteiger partial charge in [0.05, 0.1) is 22.8 Å². The van der Waals surface area contributed by atoms with E-state index in [2.05, 4.69) is 10.3 Å². The smallest absolute Gasteiger partial charge is 0.238 e. The minimum absolute atomic E-state index is 0.178. The van der Waals surface area contributed by atoms with Crippen molar-refractivity contribution in [3.05, 3.63) is 76.8 Å². The van der Waals surface area contributed by atoms with Crippen LogP contribution in [0.2, 0.25) is 5.02 Å². The zero-order valence-electron chi connectivity index (χ0n) is 15.3. The topological polar surface area (TPSA) is 60.5 Å². The fraction of sp³-hybridized carbons (Fsp3) is 0.0909. The van der Waals surface area contributed by atoms with E-state index in [-0.39, 0.29) is 5.91 Å². The standard InChI is InChI=1S/C22H15ClN2O3S/c1-27-17-11-10-14(23)20-19(17)24-22(29-20)25-21(26)18-12-6-2-4-8-15(12)28-16-9-5-3-7-13(16)18/h2-11,18H,1H3,(H,24,25,26). The van der Waals surface area contributed by atoms with E-state index < -0.39 is 5.92 Å². The first-order chi connectivity index (χ1) is 14.2. The number of halogens is 1. The van der Waals surface area contributed by atoms with Crippen molar-refractivity contribution in [3.63, 3.8) is 0 Å². The van der Waals surface area contributed by atoms with E-state index in [1.807, 2.05) is 48.5 Å². The minimum atomic E-state index is -0.500. The van der Waals surface area contributed by atoms with Gasteiger partial charge in [0.2, 0.25) is 5.91 Å². The molecule has 4 aromatic rings. The van der Waals surface area contributed by atoms with Crippen LogP contribution in [0.5, 0.6) is 17.2 Å². The number of carbonyl (C=O) groups excluding carboxylic acids is 1. The molecule has 1 aliphatic rings. The lowest BCUT2D eigenvalue weighted by Crippen LogP contribution is -2.24. The lowest BCUT2D eigenvalue weighted by Gasteiger charge is -2.27. The number of anilines is 1. The molecule has 2 heterocycles. The molecule has 0 bridgehead atoms. The Morgan fingerprint density at radius 1 is 1.07 bits per heavy atom. The summed E-state index contributed by atoms with van der Waals surface area (Å²) in [5.41, 5.74) is 2.27. The highest BCUT2D eigenvalue weighted by atomic mass is 35.5. The zero-order valence-corrected chi connectivity index (χ0v) is 16.9. The Labute approximate surface area is 175 Å². The van der Waals surface area contributed by atoms with Gasteiger partial charge in [-0.1, -0.05) is 59.3 Å². The number of carbonyl (C=O) groups is 1. The average molecular weight is 423 g/mol. The molecule has 7 heteroatoms.